The molecule has 1 amide bonds. The van der Waals surface area contributed by atoms with Crippen molar-refractivity contribution in [2.75, 3.05) is 40.9 Å². The van der Waals surface area contributed by atoms with Gasteiger partial charge in [0.1, 0.15) is 11.5 Å². The van der Waals surface area contributed by atoms with Gasteiger partial charge in [-0.3, -0.25) is 4.79 Å². The number of anilines is 1. The van der Waals surface area contributed by atoms with Crippen molar-refractivity contribution in [1.82, 2.24) is 0 Å². The van der Waals surface area contributed by atoms with E-state index in [0.29, 0.717) is 28.7 Å². The average Bonchev–Trinajstić information content (AvgIpc) is 2.90. The first kappa shape index (κ1) is 25.2. The highest BCUT2D eigenvalue weighted by Gasteiger charge is 2.12. The second kappa shape index (κ2) is 12.2. The molecule has 0 aliphatic carbocycles. The summed E-state index contributed by atoms with van der Waals surface area (Å²) >= 11 is 0. The Morgan fingerprint density at radius 1 is 0.629 bits per heavy atom. The zero-order valence-electron chi connectivity index (χ0n) is 20.5. The van der Waals surface area contributed by atoms with Crippen molar-refractivity contribution in [2.45, 2.75) is 0 Å². The summed E-state index contributed by atoms with van der Waals surface area (Å²) in [4.78, 5) is 12.4. The van der Waals surface area contributed by atoms with E-state index in [1.807, 2.05) is 60.7 Å². The van der Waals surface area contributed by atoms with Gasteiger partial charge in [0, 0.05) is 6.08 Å². The molecule has 7 heteroatoms. The quantitative estimate of drug-likeness (QED) is 0.306. The number of rotatable bonds is 10. The van der Waals surface area contributed by atoms with Gasteiger partial charge >= 0.3 is 0 Å². The fourth-order valence-electron chi connectivity index (χ4n) is 3.37. The van der Waals surface area contributed by atoms with Gasteiger partial charge in [-0.15, -0.1) is 0 Å². The molecule has 0 saturated carbocycles. The third kappa shape index (κ3) is 6.57. The summed E-state index contributed by atoms with van der Waals surface area (Å²) in [5.41, 5.74) is 3.23. The fourth-order valence-corrected chi connectivity index (χ4v) is 3.37. The minimum absolute atomic E-state index is 0.264. The lowest BCUT2D eigenvalue weighted by molar-refractivity contribution is -0.111. The Morgan fingerprint density at radius 3 is 1.77 bits per heavy atom. The van der Waals surface area contributed by atoms with Crippen molar-refractivity contribution in [1.29, 1.82) is 0 Å². The third-order valence-corrected chi connectivity index (χ3v) is 5.18. The van der Waals surface area contributed by atoms with Crippen molar-refractivity contribution >= 4 is 29.8 Å². The molecule has 0 radical (unpaired) electrons. The maximum absolute atomic E-state index is 12.4. The second-order valence-electron chi connectivity index (χ2n) is 7.35. The number of hydrogen-bond donors (Lipinski definition) is 1. The van der Waals surface area contributed by atoms with E-state index in [1.54, 1.807) is 47.7 Å². The summed E-state index contributed by atoms with van der Waals surface area (Å²) in [6.07, 6.45) is 7.06. The average molecular weight is 476 g/mol. The maximum Gasteiger partial charge on any atom is 0.248 e. The smallest absolute Gasteiger partial charge is 0.248 e. The van der Waals surface area contributed by atoms with E-state index in [4.69, 9.17) is 23.7 Å². The van der Waals surface area contributed by atoms with E-state index < -0.39 is 0 Å². The van der Waals surface area contributed by atoms with Gasteiger partial charge in [0.15, 0.2) is 11.5 Å². The molecule has 0 heterocycles. The van der Waals surface area contributed by atoms with Gasteiger partial charge in [-0.25, -0.2) is 0 Å². The Balaban J connectivity index is 1.73. The summed E-state index contributed by atoms with van der Waals surface area (Å²) in [5, 5.41) is 2.85. The van der Waals surface area contributed by atoms with Crippen LogP contribution in [0.4, 0.5) is 5.69 Å². The van der Waals surface area contributed by atoms with Crippen LogP contribution in [-0.4, -0.2) is 41.5 Å². The SMILES string of the molecule is COc1ccc(/C=C/C(=O)Nc2ccc(C=Cc3cc(OC)c(OC)c(OC)c3)cc2OC)cc1. The van der Waals surface area contributed by atoms with E-state index in [1.165, 1.54) is 6.08 Å². The zero-order valence-corrected chi connectivity index (χ0v) is 20.5. The van der Waals surface area contributed by atoms with Gasteiger partial charge in [-0.2, -0.15) is 0 Å². The largest absolute Gasteiger partial charge is 0.497 e. The first-order chi connectivity index (χ1) is 17.0. The molecule has 0 aliphatic rings. The van der Waals surface area contributed by atoms with E-state index in [-0.39, 0.29) is 5.91 Å². The van der Waals surface area contributed by atoms with Gasteiger partial charge in [-0.1, -0.05) is 30.4 Å². The number of carbonyl (C=O) groups is 1. The highest BCUT2D eigenvalue weighted by atomic mass is 16.5. The van der Waals surface area contributed by atoms with Crippen molar-refractivity contribution in [3.8, 4) is 28.7 Å². The molecular weight excluding hydrogens is 446 g/mol. The Hall–Kier alpha value is -4.39. The molecule has 0 spiro atoms. The predicted octanol–water partition coefficient (Wildman–Crippen LogP) is 5.55. The van der Waals surface area contributed by atoms with Gasteiger partial charge in [0.2, 0.25) is 11.7 Å². The number of carbonyl (C=O) groups excluding carboxylic acids is 1. The van der Waals surface area contributed by atoms with Crippen LogP contribution >= 0.6 is 0 Å². The Bertz CT molecular complexity index is 1190. The number of hydrogen-bond acceptors (Lipinski definition) is 6. The number of benzene rings is 3. The van der Waals surface area contributed by atoms with Crippen LogP contribution in [0.5, 0.6) is 28.7 Å². The summed E-state index contributed by atoms with van der Waals surface area (Å²) in [6, 6.07) is 16.7. The fraction of sp³-hybridized carbons (Fsp3) is 0.179. The second-order valence-corrected chi connectivity index (χ2v) is 7.35. The van der Waals surface area contributed by atoms with E-state index in [2.05, 4.69) is 5.32 Å². The van der Waals surface area contributed by atoms with Gasteiger partial charge in [0.25, 0.3) is 0 Å². The molecule has 3 aromatic rings. The Morgan fingerprint density at radius 2 is 1.20 bits per heavy atom. The minimum Gasteiger partial charge on any atom is -0.497 e. The van der Waals surface area contributed by atoms with Crippen molar-refractivity contribution in [3.63, 3.8) is 0 Å². The molecule has 3 rings (SSSR count). The third-order valence-electron chi connectivity index (χ3n) is 5.18. The van der Waals surface area contributed by atoms with E-state index >= 15 is 0 Å². The van der Waals surface area contributed by atoms with Crippen LogP contribution in [0.15, 0.2) is 60.7 Å². The lowest BCUT2D eigenvalue weighted by Crippen LogP contribution is -2.09. The molecule has 3 aromatic carbocycles. The summed E-state index contributed by atoms with van der Waals surface area (Å²) in [7, 11) is 7.89. The molecule has 0 saturated heterocycles. The monoisotopic (exact) mass is 475 g/mol. The highest BCUT2D eigenvalue weighted by Crippen LogP contribution is 2.38. The predicted molar refractivity (Wildman–Crippen MR) is 139 cm³/mol. The molecule has 0 aliphatic heterocycles. The van der Waals surface area contributed by atoms with Crippen molar-refractivity contribution in [3.05, 3.63) is 77.4 Å². The number of amides is 1. The maximum atomic E-state index is 12.4. The molecular formula is C28H29NO6. The van der Waals surface area contributed by atoms with Crippen LogP contribution in [0.25, 0.3) is 18.2 Å². The number of methoxy groups -OCH3 is 5. The van der Waals surface area contributed by atoms with Crippen LogP contribution in [0, 0.1) is 0 Å². The zero-order chi connectivity index (χ0) is 25.2. The molecule has 1 N–H and O–H groups in total. The molecule has 0 atom stereocenters. The Labute approximate surface area is 205 Å². The molecule has 35 heavy (non-hydrogen) atoms. The highest BCUT2D eigenvalue weighted by molar-refractivity contribution is 6.02. The summed E-state index contributed by atoms with van der Waals surface area (Å²) < 4.78 is 26.8. The normalized spacial score (nSPS) is 10.9. The molecule has 0 fully saturated rings. The van der Waals surface area contributed by atoms with E-state index in [0.717, 1.165) is 22.4 Å². The topological polar surface area (TPSA) is 75.3 Å². The molecule has 0 aromatic heterocycles. The molecule has 7 nitrogen and oxygen atoms in total. The number of nitrogens with one attached hydrogen (secondary N) is 1. The van der Waals surface area contributed by atoms with Gasteiger partial charge < -0.3 is 29.0 Å². The summed E-state index contributed by atoms with van der Waals surface area (Å²) in [6.45, 7) is 0. The first-order valence-electron chi connectivity index (χ1n) is 10.8. The first-order valence-corrected chi connectivity index (χ1v) is 10.8. The molecule has 0 unspecified atom stereocenters. The Kier molecular flexibility index (Phi) is 8.78. The van der Waals surface area contributed by atoms with Gasteiger partial charge in [-0.05, 0) is 59.2 Å². The summed E-state index contributed by atoms with van der Waals surface area (Å²) in [5.74, 6) is 2.73. The van der Waals surface area contributed by atoms with Gasteiger partial charge in [0.05, 0.1) is 41.2 Å². The van der Waals surface area contributed by atoms with Crippen LogP contribution in [-0.2, 0) is 4.79 Å². The van der Waals surface area contributed by atoms with Crippen LogP contribution < -0.4 is 29.0 Å². The van der Waals surface area contributed by atoms with Crippen LogP contribution in [0.3, 0.4) is 0 Å². The minimum atomic E-state index is -0.264. The van der Waals surface area contributed by atoms with Crippen molar-refractivity contribution in [2.24, 2.45) is 0 Å². The van der Waals surface area contributed by atoms with Crippen molar-refractivity contribution < 1.29 is 28.5 Å². The van der Waals surface area contributed by atoms with Crippen LogP contribution in [0.1, 0.15) is 16.7 Å². The van der Waals surface area contributed by atoms with Crippen LogP contribution in [0.2, 0.25) is 0 Å². The molecule has 182 valence electrons. The number of ether oxygens (including phenoxy) is 5. The lowest BCUT2D eigenvalue weighted by Gasteiger charge is -2.13. The lowest BCUT2D eigenvalue weighted by atomic mass is 10.1. The standard InChI is InChI=1S/C28H29NO6/c1-31-22-12-8-19(9-13-22)11-15-27(30)29-23-14-10-20(16-24(23)32-2)6-7-21-17-25(33-3)28(35-5)26(18-21)34-4/h6-18H,1-5H3,(H,29,30)/b7-6?,15-11+. The van der Waals surface area contributed by atoms with E-state index in [9.17, 15) is 4.79 Å². The molecule has 0 bridgehead atoms.